The number of ether oxygens (including phenoxy) is 1. The SMILES string of the molecule is Cc1nc(-c2cccc(Oc3cnc4ccccc4n3)c2)no1. The van der Waals surface area contributed by atoms with Crippen molar-refractivity contribution in [3.05, 3.63) is 60.6 Å². The Kier molecular flexibility index (Phi) is 3.20. The minimum Gasteiger partial charge on any atom is -0.437 e. The molecule has 4 rings (SSSR count). The molecule has 4 aromatic rings. The molecular weight excluding hydrogens is 292 g/mol. The monoisotopic (exact) mass is 304 g/mol. The van der Waals surface area contributed by atoms with Gasteiger partial charge in [0.25, 0.3) is 0 Å². The van der Waals surface area contributed by atoms with E-state index >= 15 is 0 Å². The van der Waals surface area contributed by atoms with Gasteiger partial charge in [0.2, 0.25) is 17.6 Å². The fraction of sp³-hybridized carbons (Fsp3) is 0.0588. The molecule has 0 saturated heterocycles. The molecule has 2 aromatic carbocycles. The Labute approximate surface area is 131 Å². The number of para-hydroxylation sites is 2. The normalized spacial score (nSPS) is 10.8. The Hall–Kier alpha value is -3.28. The van der Waals surface area contributed by atoms with Crippen LogP contribution in [0.3, 0.4) is 0 Å². The molecule has 0 amide bonds. The van der Waals surface area contributed by atoms with Crippen LogP contribution in [0.4, 0.5) is 0 Å². The number of rotatable bonds is 3. The van der Waals surface area contributed by atoms with Gasteiger partial charge in [-0.25, -0.2) is 9.97 Å². The van der Waals surface area contributed by atoms with E-state index in [1.54, 1.807) is 13.1 Å². The van der Waals surface area contributed by atoms with Gasteiger partial charge in [0.15, 0.2) is 0 Å². The smallest absolute Gasteiger partial charge is 0.238 e. The Bertz CT molecular complexity index is 981. The van der Waals surface area contributed by atoms with E-state index in [4.69, 9.17) is 9.26 Å². The Morgan fingerprint density at radius 1 is 0.957 bits per heavy atom. The molecule has 2 aromatic heterocycles. The van der Waals surface area contributed by atoms with Crippen LogP contribution in [0.25, 0.3) is 22.4 Å². The van der Waals surface area contributed by atoms with Crippen LogP contribution < -0.4 is 4.74 Å². The number of hydrogen-bond donors (Lipinski definition) is 0. The Morgan fingerprint density at radius 2 is 1.83 bits per heavy atom. The molecule has 6 heteroatoms. The Balaban J connectivity index is 1.65. The summed E-state index contributed by atoms with van der Waals surface area (Å²) < 4.78 is 10.8. The van der Waals surface area contributed by atoms with Gasteiger partial charge in [-0.1, -0.05) is 29.4 Å². The third-order valence-corrected chi connectivity index (χ3v) is 3.27. The molecule has 0 aliphatic carbocycles. The van der Waals surface area contributed by atoms with Crippen LogP contribution in [0.5, 0.6) is 11.6 Å². The van der Waals surface area contributed by atoms with E-state index in [9.17, 15) is 0 Å². The molecule has 23 heavy (non-hydrogen) atoms. The number of fused-ring (bicyclic) bond motifs is 1. The lowest BCUT2D eigenvalue weighted by molar-refractivity contribution is 0.394. The summed E-state index contributed by atoms with van der Waals surface area (Å²) in [5.41, 5.74) is 2.43. The predicted molar refractivity (Wildman–Crippen MR) is 84.1 cm³/mol. The van der Waals surface area contributed by atoms with Crippen molar-refractivity contribution in [3.63, 3.8) is 0 Å². The van der Waals surface area contributed by atoms with Gasteiger partial charge >= 0.3 is 0 Å². The standard InChI is InChI=1S/C17H12N4O2/c1-11-19-17(21-23-11)12-5-4-6-13(9-12)22-16-10-18-14-7-2-3-8-15(14)20-16/h2-10H,1H3. The van der Waals surface area contributed by atoms with Crippen molar-refractivity contribution in [2.45, 2.75) is 6.92 Å². The van der Waals surface area contributed by atoms with Gasteiger partial charge < -0.3 is 9.26 Å². The average molecular weight is 304 g/mol. The molecule has 2 heterocycles. The molecule has 0 aliphatic rings. The maximum atomic E-state index is 5.80. The van der Waals surface area contributed by atoms with Crippen LogP contribution in [-0.2, 0) is 0 Å². The van der Waals surface area contributed by atoms with Crippen LogP contribution in [0.1, 0.15) is 5.89 Å². The number of aryl methyl sites for hydroxylation is 1. The molecule has 0 unspecified atom stereocenters. The van der Waals surface area contributed by atoms with Gasteiger partial charge in [-0.2, -0.15) is 4.98 Å². The van der Waals surface area contributed by atoms with Gasteiger partial charge in [0.05, 0.1) is 17.2 Å². The lowest BCUT2D eigenvalue weighted by Crippen LogP contribution is -1.91. The maximum Gasteiger partial charge on any atom is 0.238 e. The van der Waals surface area contributed by atoms with Crippen molar-refractivity contribution in [1.29, 1.82) is 0 Å². The lowest BCUT2D eigenvalue weighted by Gasteiger charge is -2.06. The first-order chi connectivity index (χ1) is 11.3. The number of aromatic nitrogens is 4. The van der Waals surface area contributed by atoms with Crippen LogP contribution >= 0.6 is 0 Å². The van der Waals surface area contributed by atoms with Gasteiger partial charge in [-0.3, -0.25) is 0 Å². The summed E-state index contributed by atoms with van der Waals surface area (Å²) in [4.78, 5) is 13.0. The molecule has 0 atom stereocenters. The number of hydrogen-bond acceptors (Lipinski definition) is 6. The quantitative estimate of drug-likeness (QED) is 0.573. The predicted octanol–water partition coefficient (Wildman–Crippen LogP) is 3.78. The van der Waals surface area contributed by atoms with Crippen LogP contribution in [-0.4, -0.2) is 20.1 Å². The van der Waals surface area contributed by atoms with Crippen molar-refractivity contribution in [2.24, 2.45) is 0 Å². The van der Waals surface area contributed by atoms with E-state index in [0.717, 1.165) is 16.6 Å². The molecule has 0 spiro atoms. The van der Waals surface area contributed by atoms with E-state index in [1.165, 1.54) is 0 Å². The van der Waals surface area contributed by atoms with E-state index < -0.39 is 0 Å². The van der Waals surface area contributed by atoms with Crippen LogP contribution in [0, 0.1) is 6.92 Å². The fourth-order valence-corrected chi connectivity index (χ4v) is 2.23. The highest BCUT2D eigenvalue weighted by Gasteiger charge is 2.08. The Morgan fingerprint density at radius 3 is 2.65 bits per heavy atom. The van der Waals surface area contributed by atoms with Crippen molar-refractivity contribution in [1.82, 2.24) is 20.1 Å². The lowest BCUT2D eigenvalue weighted by atomic mass is 10.2. The topological polar surface area (TPSA) is 73.9 Å². The van der Waals surface area contributed by atoms with Crippen LogP contribution in [0.15, 0.2) is 59.3 Å². The number of nitrogens with zero attached hydrogens (tertiary/aromatic N) is 4. The first kappa shape index (κ1) is 13.4. The van der Waals surface area contributed by atoms with Crippen molar-refractivity contribution in [3.8, 4) is 23.0 Å². The molecule has 0 fully saturated rings. The van der Waals surface area contributed by atoms with Gasteiger partial charge in [0.1, 0.15) is 5.75 Å². The molecular formula is C17H12N4O2. The summed E-state index contributed by atoms with van der Waals surface area (Å²) in [5, 5.41) is 3.91. The summed E-state index contributed by atoms with van der Waals surface area (Å²) in [7, 11) is 0. The highest BCUT2D eigenvalue weighted by atomic mass is 16.5. The van der Waals surface area contributed by atoms with Gasteiger partial charge in [-0.15, -0.1) is 0 Å². The second kappa shape index (κ2) is 5.49. The van der Waals surface area contributed by atoms with Crippen molar-refractivity contribution >= 4 is 11.0 Å². The van der Waals surface area contributed by atoms with E-state index in [0.29, 0.717) is 23.3 Å². The molecule has 0 aliphatic heterocycles. The third-order valence-electron chi connectivity index (χ3n) is 3.27. The summed E-state index contributed by atoms with van der Waals surface area (Å²) in [6.07, 6.45) is 1.60. The minimum absolute atomic E-state index is 0.435. The molecule has 0 N–H and O–H groups in total. The molecule has 0 radical (unpaired) electrons. The molecule has 0 bridgehead atoms. The summed E-state index contributed by atoms with van der Waals surface area (Å²) in [5.74, 6) is 2.11. The van der Waals surface area contributed by atoms with Crippen LogP contribution in [0.2, 0.25) is 0 Å². The second-order valence-electron chi connectivity index (χ2n) is 4.96. The van der Waals surface area contributed by atoms with Gasteiger partial charge in [0, 0.05) is 12.5 Å². The average Bonchev–Trinajstić information content (AvgIpc) is 3.02. The zero-order valence-corrected chi connectivity index (χ0v) is 12.3. The van der Waals surface area contributed by atoms with E-state index in [2.05, 4.69) is 20.1 Å². The zero-order chi connectivity index (χ0) is 15.6. The molecule has 6 nitrogen and oxygen atoms in total. The number of benzene rings is 2. The highest BCUT2D eigenvalue weighted by molar-refractivity contribution is 5.74. The molecule has 0 saturated carbocycles. The second-order valence-corrected chi connectivity index (χ2v) is 4.96. The van der Waals surface area contributed by atoms with E-state index in [-0.39, 0.29) is 0 Å². The zero-order valence-electron chi connectivity index (χ0n) is 12.3. The maximum absolute atomic E-state index is 5.80. The summed E-state index contributed by atoms with van der Waals surface area (Å²) >= 11 is 0. The first-order valence-electron chi connectivity index (χ1n) is 7.08. The van der Waals surface area contributed by atoms with Gasteiger partial charge in [-0.05, 0) is 24.3 Å². The highest BCUT2D eigenvalue weighted by Crippen LogP contribution is 2.25. The largest absolute Gasteiger partial charge is 0.437 e. The molecule has 112 valence electrons. The first-order valence-corrected chi connectivity index (χ1v) is 7.08. The fourth-order valence-electron chi connectivity index (χ4n) is 2.23. The van der Waals surface area contributed by atoms with Crippen molar-refractivity contribution in [2.75, 3.05) is 0 Å². The van der Waals surface area contributed by atoms with E-state index in [1.807, 2.05) is 48.5 Å². The minimum atomic E-state index is 0.435. The summed E-state index contributed by atoms with van der Waals surface area (Å²) in [6.45, 7) is 1.75. The van der Waals surface area contributed by atoms with Crippen molar-refractivity contribution < 1.29 is 9.26 Å². The summed E-state index contributed by atoms with van der Waals surface area (Å²) in [6, 6.07) is 15.1. The third kappa shape index (κ3) is 2.74.